The second kappa shape index (κ2) is 5.30. The average Bonchev–Trinajstić information content (AvgIpc) is 2.39. The summed E-state index contributed by atoms with van der Waals surface area (Å²) in [6.45, 7) is 4.76. The van der Waals surface area contributed by atoms with Crippen molar-refractivity contribution >= 4 is 11.5 Å². The zero-order valence-corrected chi connectivity index (χ0v) is 10.5. The second-order valence-electron chi connectivity index (χ2n) is 4.84. The molecule has 1 aromatic rings. The minimum atomic E-state index is -0.481. The van der Waals surface area contributed by atoms with E-state index in [1.54, 1.807) is 12.3 Å². The van der Waals surface area contributed by atoms with Gasteiger partial charge in [0.15, 0.2) is 6.20 Å². The highest BCUT2D eigenvalue weighted by atomic mass is 16.6. The fourth-order valence-corrected chi connectivity index (χ4v) is 2.36. The Labute approximate surface area is 106 Å². The van der Waals surface area contributed by atoms with Gasteiger partial charge in [0.1, 0.15) is 0 Å². The van der Waals surface area contributed by atoms with Crippen molar-refractivity contribution < 1.29 is 4.92 Å². The Morgan fingerprint density at radius 2 is 2.39 bits per heavy atom. The third kappa shape index (κ3) is 2.59. The first kappa shape index (κ1) is 12.8. The summed E-state index contributed by atoms with van der Waals surface area (Å²) in [7, 11) is 0. The van der Waals surface area contributed by atoms with E-state index in [0.717, 1.165) is 25.2 Å². The highest BCUT2D eigenvalue weighted by Gasteiger charge is 2.26. The number of pyridine rings is 1. The highest BCUT2D eigenvalue weighted by Crippen LogP contribution is 2.26. The fourth-order valence-electron chi connectivity index (χ4n) is 2.36. The van der Waals surface area contributed by atoms with Crippen molar-refractivity contribution in [2.45, 2.75) is 13.3 Å². The molecule has 0 spiro atoms. The van der Waals surface area contributed by atoms with Crippen LogP contribution in [0.25, 0.3) is 0 Å². The maximum Gasteiger partial charge on any atom is 0.363 e. The lowest BCUT2D eigenvalue weighted by molar-refractivity contribution is -0.389. The maximum atomic E-state index is 10.5. The minimum absolute atomic E-state index is 0.112. The normalized spacial score (nSPS) is 24.0. The van der Waals surface area contributed by atoms with Gasteiger partial charge < -0.3 is 20.7 Å². The topological polar surface area (TPSA) is 85.3 Å². The zero-order valence-electron chi connectivity index (χ0n) is 10.5. The van der Waals surface area contributed by atoms with Crippen LogP contribution in [0.3, 0.4) is 0 Å². The average molecular weight is 250 g/mol. The van der Waals surface area contributed by atoms with E-state index in [-0.39, 0.29) is 5.82 Å². The van der Waals surface area contributed by atoms with Gasteiger partial charge in [-0.15, -0.1) is 0 Å². The number of anilines is 1. The summed E-state index contributed by atoms with van der Waals surface area (Å²) in [6, 6.07) is 3.21. The van der Waals surface area contributed by atoms with Gasteiger partial charge in [-0.25, -0.2) is 0 Å². The number of nitrogens with zero attached hydrogens (tertiary/aromatic N) is 3. The van der Waals surface area contributed by atoms with Gasteiger partial charge >= 0.3 is 5.82 Å². The smallest absolute Gasteiger partial charge is 0.363 e. The molecule has 6 nitrogen and oxygen atoms in total. The van der Waals surface area contributed by atoms with E-state index >= 15 is 0 Å². The number of hydrogen-bond acceptors (Lipinski definition) is 5. The van der Waals surface area contributed by atoms with Crippen molar-refractivity contribution in [3.63, 3.8) is 0 Å². The molecule has 2 N–H and O–H groups in total. The molecule has 0 aliphatic carbocycles. The van der Waals surface area contributed by atoms with Crippen LogP contribution >= 0.6 is 0 Å². The Balaban J connectivity index is 2.09. The lowest BCUT2D eigenvalue weighted by atomic mass is 9.87. The number of nitrogens with two attached hydrogens (primary N) is 1. The van der Waals surface area contributed by atoms with Gasteiger partial charge in [0.2, 0.25) is 0 Å². The van der Waals surface area contributed by atoms with Crippen molar-refractivity contribution in [2.75, 3.05) is 24.5 Å². The fraction of sp³-hybridized carbons (Fsp3) is 0.583. The molecule has 2 rings (SSSR count). The molecule has 1 fully saturated rings. The van der Waals surface area contributed by atoms with Crippen molar-refractivity contribution in [3.8, 4) is 0 Å². The number of aromatic nitrogens is 1. The molecule has 98 valence electrons. The molecule has 2 unspecified atom stereocenters. The predicted molar refractivity (Wildman–Crippen MR) is 69.4 cm³/mol. The van der Waals surface area contributed by atoms with E-state index in [0.29, 0.717) is 18.4 Å². The van der Waals surface area contributed by atoms with Crippen LogP contribution in [0.15, 0.2) is 18.3 Å². The van der Waals surface area contributed by atoms with E-state index in [1.807, 2.05) is 0 Å². The number of hydrogen-bond donors (Lipinski definition) is 1. The van der Waals surface area contributed by atoms with Crippen LogP contribution in [0.2, 0.25) is 0 Å². The SMILES string of the molecule is CC1CCN(c2ccc([N+](=O)[O-])nc2)CC1CN. The number of piperidine rings is 1. The standard InChI is InChI=1S/C12H18N4O2/c1-9-4-5-15(8-10(9)6-13)11-2-3-12(14-7-11)16(17)18/h2-3,7,9-10H,4-6,8,13H2,1H3. The van der Waals surface area contributed by atoms with E-state index in [1.165, 1.54) is 6.07 Å². The van der Waals surface area contributed by atoms with Crippen LogP contribution in [-0.2, 0) is 0 Å². The molecule has 1 aliphatic heterocycles. The maximum absolute atomic E-state index is 10.5. The molecule has 6 heteroatoms. The molecule has 0 bridgehead atoms. The van der Waals surface area contributed by atoms with E-state index < -0.39 is 4.92 Å². The number of rotatable bonds is 3. The van der Waals surface area contributed by atoms with Crippen molar-refractivity contribution in [1.29, 1.82) is 0 Å². The van der Waals surface area contributed by atoms with Crippen LogP contribution in [0.4, 0.5) is 11.5 Å². The van der Waals surface area contributed by atoms with Crippen molar-refractivity contribution in [2.24, 2.45) is 17.6 Å². The Morgan fingerprint density at radius 1 is 1.61 bits per heavy atom. The third-order valence-electron chi connectivity index (χ3n) is 3.70. The summed E-state index contributed by atoms with van der Waals surface area (Å²) in [6.07, 6.45) is 2.67. The summed E-state index contributed by atoms with van der Waals surface area (Å²) in [5.41, 5.74) is 6.70. The van der Waals surface area contributed by atoms with Crippen LogP contribution in [0.5, 0.6) is 0 Å². The van der Waals surface area contributed by atoms with Gasteiger partial charge in [-0.3, -0.25) is 0 Å². The van der Waals surface area contributed by atoms with Gasteiger partial charge in [0.05, 0.1) is 5.69 Å². The van der Waals surface area contributed by atoms with E-state index in [9.17, 15) is 10.1 Å². The second-order valence-corrected chi connectivity index (χ2v) is 4.84. The Hall–Kier alpha value is -1.69. The number of nitro groups is 1. The molecule has 0 radical (unpaired) electrons. The summed E-state index contributed by atoms with van der Waals surface area (Å²) < 4.78 is 0. The Kier molecular flexibility index (Phi) is 3.76. The van der Waals surface area contributed by atoms with Gasteiger partial charge in [0.25, 0.3) is 0 Å². The Bertz CT molecular complexity index is 421. The van der Waals surface area contributed by atoms with Gasteiger partial charge in [0, 0.05) is 19.2 Å². The molecular formula is C12H18N4O2. The summed E-state index contributed by atoms with van der Waals surface area (Å²) in [5.74, 6) is 1.01. The van der Waals surface area contributed by atoms with Gasteiger partial charge in [-0.1, -0.05) is 6.92 Å². The monoisotopic (exact) mass is 250 g/mol. The quantitative estimate of drug-likeness (QED) is 0.647. The Morgan fingerprint density at radius 3 is 2.94 bits per heavy atom. The van der Waals surface area contributed by atoms with E-state index in [2.05, 4.69) is 16.8 Å². The lowest BCUT2D eigenvalue weighted by Gasteiger charge is -2.37. The molecule has 0 saturated carbocycles. The molecule has 1 aliphatic rings. The minimum Gasteiger partial charge on any atom is -0.368 e. The largest absolute Gasteiger partial charge is 0.368 e. The molecule has 2 atom stereocenters. The zero-order chi connectivity index (χ0) is 13.1. The molecule has 1 aromatic heterocycles. The highest BCUT2D eigenvalue weighted by molar-refractivity contribution is 5.47. The van der Waals surface area contributed by atoms with Crippen molar-refractivity contribution in [3.05, 3.63) is 28.4 Å². The molecular weight excluding hydrogens is 232 g/mol. The van der Waals surface area contributed by atoms with Crippen LogP contribution in [-0.4, -0.2) is 29.5 Å². The van der Waals surface area contributed by atoms with Crippen LogP contribution in [0.1, 0.15) is 13.3 Å². The summed E-state index contributed by atoms with van der Waals surface area (Å²) in [4.78, 5) is 16.1. The molecule has 1 saturated heterocycles. The molecule has 0 aromatic carbocycles. The third-order valence-corrected chi connectivity index (χ3v) is 3.70. The summed E-state index contributed by atoms with van der Waals surface area (Å²) >= 11 is 0. The van der Waals surface area contributed by atoms with Gasteiger partial charge in [-0.2, -0.15) is 0 Å². The molecule has 0 amide bonds. The predicted octanol–water partition coefficient (Wildman–Crippen LogP) is 1.41. The van der Waals surface area contributed by atoms with Crippen LogP contribution < -0.4 is 10.6 Å². The first-order chi connectivity index (χ1) is 8.61. The van der Waals surface area contributed by atoms with Crippen LogP contribution in [0, 0.1) is 22.0 Å². The lowest BCUT2D eigenvalue weighted by Crippen LogP contribution is -2.42. The summed E-state index contributed by atoms with van der Waals surface area (Å²) in [5, 5.41) is 10.5. The van der Waals surface area contributed by atoms with E-state index in [4.69, 9.17) is 5.73 Å². The van der Waals surface area contributed by atoms with Gasteiger partial charge in [-0.05, 0) is 40.8 Å². The first-order valence-corrected chi connectivity index (χ1v) is 6.17. The molecule has 18 heavy (non-hydrogen) atoms. The van der Waals surface area contributed by atoms with Crippen molar-refractivity contribution in [1.82, 2.24) is 4.98 Å². The molecule has 2 heterocycles. The first-order valence-electron chi connectivity index (χ1n) is 6.17.